The number of benzene rings is 2. The maximum Gasteiger partial charge on any atom is 0.258 e. The first-order chi connectivity index (χ1) is 13.2. The van der Waals surface area contributed by atoms with Crippen molar-refractivity contribution in [2.75, 3.05) is 20.2 Å². The van der Waals surface area contributed by atoms with Crippen molar-refractivity contribution in [2.24, 2.45) is 9.98 Å². The lowest BCUT2D eigenvalue weighted by atomic mass is 10.1. The lowest BCUT2D eigenvalue weighted by Gasteiger charge is -2.27. The molecule has 0 radical (unpaired) electrons. The molecule has 1 amide bonds. The first-order valence-corrected chi connectivity index (χ1v) is 8.56. The number of aliphatic imine (C=N–C) groups is 2. The summed E-state index contributed by atoms with van der Waals surface area (Å²) < 4.78 is 5.29. The molecule has 8 heteroatoms. The van der Waals surface area contributed by atoms with Gasteiger partial charge in [0.15, 0.2) is 0 Å². The molecule has 2 N–H and O–H groups in total. The van der Waals surface area contributed by atoms with E-state index in [0.29, 0.717) is 30.4 Å². The smallest absolute Gasteiger partial charge is 0.258 e. The lowest BCUT2D eigenvalue weighted by Crippen LogP contribution is -2.47. The number of guanidine groups is 1. The van der Waals surface area contributed by atoms with Gasteiger partial charge in [-0.25, -0.2) is 9.98 Å². The van der Waals surface area contributed by atoms with Gasteiger partial charge in [-0.1, -0.05) is 0 Å². The van der Waals surface area contributed by atoms with Gasteiger partial charge >= 0.3 is 0 Å². The Kier molecular flexibility index (Phi) is 3.43. The molecule has 3 aromatic rings. The van der Waals surface area contributed by atoms with E-state index in [1.807, 2.05) is 29.2 Å². The van der Waals surface area contributed by atoms with Crippen LogP contribution in [0.5, 0.6) is 5.75 Å². The van der Waals surface area contributed by atoms with Crippen LogP contribution < -0.4 is 10.1 Å². The van der Waals surface area contributed by atoms with Crippen molar-refractivity contribution < 1.29 is 9.53 Å². The van der Waals surface area contributed by atoms with Gasteiger partial charge < -0.3 is 9.72 Å². The molecule has 134 valence electrons. The number of carbonyl (C=O) groups is 1. The zero-order valence-corrected chi connectivity index (χ0v) is 14.6. The van der Waals surface area contributed by atoms with Crippen LogP contribution in [0.2, 0.25) is 0 Å². The molecular weight excluding hydrogens is 344 g/mol. The fraction of sp³-hybridized carbons (Fsp3) is 0.158. The van der Waals surface area contributed by atoms with Crippen LogP contribution in [0.3, 0.4) is 0 Å². The number of aromatic amines is 1. The molecule has 0 saturated heterocycles. The fourth-order valence-corrected chi connectivity index (χ4v) is 3.32. The number of hydrogen-bond donors (Lipinski definition) is 2. The number of amides is 1. The Morgan fingerprint density at radius 2 is 2.19 bits per heavy atom. The van der Waals surface area contributed by atoms with Crippen LogP contribution in [0, 0.1) is 0 Å². The van der Waals surface area contributed by atoms with E-state index in [9.17, 15) is 4.79 Å². The van der Waals surface area contributed by atoms with Crippen LogP contribution in [-0.4, -0.2) is 52.8 Å². The van der Waals surface area contributed by atoms with E-state index in [1.165, 1.54) is 0 Å². The van der Waals surface area contributed by atoms with Gasteiger partial charge in [-0.2, -0.15) is 0 Å². The van der Waals surface area contributed by atoms with Crippen LogP contribution >= 0.6 is 0 Å². The van der Waals surface area contributed by atoms with E-state index in [-0.39, 0.29) is 5.91 Å². The molecule has 0 aliphatic carbocycles. The van der Waals surface area contributed by atoms with Crippen LogP contribution in [0.15, 0.2) is 52.7 Å². The topological polar surface area (TPSA) is 95.0 Å². The molecule has 0 bridgehead atoms. The summed E-state index contributed by atoms with van der Waals surface area (Å²) in [5.74, 6) is 1.76. The maximum absolute atomic E-state index is 12.8. The summed E-state index contributed by atoms with van der Waals surface area (Å²) in [6.07, 6.45) is 1.61. The summed E-state index contributed by atoms with van der Waals surface area (Å²) >= 11 is 0. The molecule has 0 unspecified atom stereocenters. The number of ether oxygens (including phenoxy) is 1. The van der Waals surface area contributed by atoms with Crippen molar-refractivity contribution in [2.45, 2.75) is 0 Å². The van der Waals surface area contributed by atoms with E-state index in [0.717, 1.165) is 28.1 Å². The van der Waals surface area contributed by atoms with E-state index in [2.05, 4.69) is 25.3 Å². The minimum atomic E-state index is -0.240. The molecule has 27 heavy (non-hydrogen) atoms. The van der Waals surface area contributed by atoms with Crippen molar-refractivity contribution in [3.05, 3.63) is 53.9 Å². The van der Waals surface area contributed by atoms with Gasteiger partial charge in [0.2, 0.25) is 5.96 Å². The Morgan fingerprint density at radius 3 is 3.07 bits per heavy atom. The number of fused-ring (bicyclic) bond motifs is 4. The van der Waals surface area contributed by atoms with Crippen LogP contribution in [0.1, 0.15) is 15.9 Å². The number of H-pyrrole nitrogens is 1. The van der Waals surface area contributed by atoms with Gasteiger partial charge in [-0.3, -0.25) is 20.0 Å². The van der Waals surface area contributed by atoms with Crippen molar-refractivity contribution in [1.29, 1.82) is 0 Å². The summed E-state index contributed by atoms with van der Waals surface area (Å²) in [5.41, 5.74) is 3.81. The third-order valence-corrected chi connectivity index (χ3v) is 4.68. The Bertz CT molecular complexity index is 1130. The average molecular weight is 360 g/mol. The van der Waals surface area contributed by atoms with Gasteiger partial charge in [0, 0.05) is 23.7 Å². The number of methoxy groups -OCH3 is 1. The minimum absolute atomic E-state index is 0.240. The average Bonchev–Trinajstić information content (AvgIpc) is 3.36. The van der Waals surface area contributed by atoms with Crippen molar-refractivity contribution in [1.82, 2.24) is 20.2 Å². The predicted molar refractivity (Wildman–Crippen MR) is 102 cm³/mol. The molecule has 0 atom stereocenters. The zero-order chi connectivity index (χ0) is 18.4. The summed E-state index contributed by atoms with van der Waals surface area (Å²) in [4.78, 5) is 31.1. The highest BCUT2D eigenvalue weighted by Gasteiger charge is 2.30. The highest BCUT2D eigenvalue weighted by molar-refractivity contribution is 6.19. The number of carbonyl (C=O) groups excluding carboxylic acids is 1. The zero-order valence-electron chi connectivity index (χ0n) is 14.6. The first kappa shape index (κ1) is 15.6. The summed E-state index contributed by atoms with van der Waals surface area (Å²) in [6.45, 7) is 1.34. The second-order valence-corrected chi connectivity index (χ2v) is 6.26. The number of hydrogen-bond acceptors (Lipinski definition) is 6. The van der Waals surface area contributed by atoms with Crippen LogP contribution in [0.4, 0.5) is 5.69 Å². The molecular formula is C19H16N6O2. The number of rotatable bonds is 2. The number of amidine groups is 1. The second-order valence-electron chi connectivity index (χ2n) is 6.26. The Balaban J connectivity index is 1.50. The quantitative estimate of drug-likeness (QED) is 0.731. The van der Waals surface area contributed by atoms with Crippen LogP contribution in [0.25, 0.3) is 11.0 Å². The molecule has 0 spiro atoms. The van der Waals surface area contributed by atoms with E-state index >= 15 is 0 Å². The number of nitrogens with zero attached hydrogens (tertiary/aromatic N) is 4. The second kappa shape index (κ2) is 5.94. The summed E-state index contributed by atoms with van der Waals surface area (Å²) in [6, 6.07) is 11.0. The highest BCUT2D eigenvalue weighted by atomic mass is 16.5. The minimum Gasteiger partial charge on any atom is -0.497 e. The Morgan fingerprint density at radius 1 is 1.26 bits per heavy atom. The summed E-state index contributed by atoms with van der Waals surface area (Å²) in [7, 11) is 1.61. The van der Waals surface area contributed by atoms with Crippen LogP contribution in [-0.2, 0) is 0 Å². The molecule has 2 aliphatic heterocycles. The van der Waals surface area contributed by atoms with Gasteiger partial charge in [-0.05, 0) is 30.3 Å². The molecule has 5 rings (SSSR count). The van der Waals surface area contributed by atoms with Gasteiger partial charge in [0.1, 0.15) is 11.6 Å². The van der Waals surface area contributed by atoms with Gasteiger partial charge in [0.05, 0.1) is 36.7 Å². The van der Waals surface area contributed by atoms with Crippen molar-refractivity contribution >= 4 is 34.4 Å². The van der Waals surface area contributed by atoms with Crippen molar-refractivity contribution in [3.63, 3.8) is 0 Å². The maximum atomic E-state index is 12.8. The monoisotopic (exact) mass is 360 g/mol. The summed E-state index contributed by atoms with van der Waals surface area (Å²) in [5, 5.41) is 2.92. The third-order valence-electron chi connectivity index (χ3n) is 4.68. The normalized spacial score (nSPS) is 15.1. The number of aromatic nitrogens is 2. The van der Waals surface area contributed by atoms with E-state index in [1.54, 1.807) is 25.6 Å². The largest absolute Gasteiger partial charge is 0.497 e. The SMILES string of the molecule is COc1ccc2c(c1)N=C(NC(=O)c1ccc3[nH]cnc3c1)N1CCN=C21. The van der Waals surface area contributed by atoms with Crippen molar-refractivity contribution in [3.8, 4) is 5.75 Å². The Labute approximate surface area is 154 Å². The van der Waals surface area contributed by atoms with E-state index < -0.39 is 0 Å². The number of imidazole rings is 1. The molecule has 0 fully saturated rings. The standard InChI is InChI=1S/C19H16N6O2/c1-27-12-3-4-13-15(9-12)23-19(25-7-6-20-17(13)25)24-18(26)11-2-5-14-16(8-11)22-10-21-14/h2-5,8-10H,6-7H2,1H3,(H,21,22)(H,23,24,26). The molecule has 3 heterocycles. The molecule has 2 aromatic carbocycles. The van der Waals surface area contributed by atoms with E-state index in [4.69, 9.17) is 4.74 Å². The molecule has 8 nitrogen and oxygen atoms in total. The first-order valence-electron chi connectivity index (χ1n) is 8.56. The molecule has 0 saturated carbocycles. The Hall–Kier alpha value is -3.68. The highest BCUT2D eigenvalue weighted by Crippen LogP contribution is 2.31. The predicted octanol–water partition coefficient (Wildman–Crippen LogP) is 2.06. The van der Waals surface area contributed by atoms with Gasteiger partial charge in [-0.15, -0.1) is 0 Å². The van der Waals surface area contributed by atoms with Gasteiger partial charge in [0.25, 0.3) is 5.91 Å². The molecule has 2 aliphatic rings. The molecule has 1 aromatic heterocycles. The third kappa shape index (κ3) is 2.53. The lowest BCUT2D eigenvalue weighted by molar-refractivity contribution is 0.0974. The number of nitrogens with one attached hydrogen (secondary N) is 2. The fourth-order valence-electron chi connectivity index (χ4n) is 3.32.